The molecule has 2 aromatic rings. The quantitative estimate of drug-likeness (QED) is 0.867. The molecule has 0 saturated heterocycles. The lowest BCUT2D eigenvalue weighted by Crippen LogP contribution is -2.16. The summed E-state index contributed by atoms with van der Waals surface area (Å²) in [6.07, 6.45) is 0.447. The molecule has 3 heteroatoms. The zero-order valence-corrected chi connectivity index (χ0v) is 11.9. The number of aryl methyl sites for hydroxylation is 2. The molecule has 2 aromatic carbocycles. The molecule has 0 spiro atoms. The number of rotatable bonds is 5. The number of amides is 1. The van der Waals surface area contributed by atoms with Gasteiger partial charge in [0.1, 0.15) is 0 Å². The van der Waals surface area contributed by atoms with Gasteiger partial charge in [-0.2, -0.15) is 0 Å². The molecule has 1 amide bonds. The number of carbonyl (C=O) groups is 1. The fourth-order valence-corrected chi connectivity index (χ4v) is 2.03. The van der Waals surface area contributed by atoms with Crippen molar-refractivity contribution in [3.8, 4) is 0 Å². The molecule has 0 aliphatic heterocycles. The van der Waals surface area contributed by atoms with Gasteiger partial charge in [0, 0.05) is 24.3 Å². The van der Waals surface area contributed by atoms with E-state index in [9.17, 15) is 4.79 Å². The summed E-state index contributed by atoms with van der Waals surface area (Å²) in [4.78, 5) is 11.8. The van der Waals surface area contributed by atoms with Crippen molar-refractivity contribution < 1.29 is 4.79 Å². The molecule has 0 aliphatic carbocycles. The molecule has 0 aliphatic rings. The molecule has 3 nitrogen and oxygen atoms in total. The average Bonchev–Trinajstić information content (AvgIpc) is 2.41. The topological polar surface area (TPSA) is 41.1 Å². The van der Waals surface area contributed by atoms with Crippen LogP contribution in [0.3, 0.4) is 0 Å². The lowest BCUT2D eigenvalue weighted by Gasteiger charge is -2.09. The summed E-state index contributed by atoms with van der Waals surface area (Å²) in [5.74, 6) is 0.0247. The fourth-order valence-electron chi connectivity index (χ4n) is 2.03. The third kappa shape index (κ3) is 4.12. The van der Waals surface area contributed by atoms with E-state index in [0.717, 1.165) is 16.9 Å². The first-order valence-corrected chi connectivity index (χ1v) is 6.81. The molecule has 104 valence electrons. The first-order valence-electron chi connectivity index (χ1n) is 6.81. The van der Waals surface area contributed by atoms with Crippen molar-refractivity contribution in [3.63, 3.8) is 0 Å². The van der Waals surface area contributed by atoms with Crippen LogP contribution in [0.2, 0.25) is 0 Å². The summed E-state index contributed by atoms with van der Waals surface area (Å²) in [5, 5.41) is 6.18. The van der Waals surface area contributed by atoms with Gasteiger partial charge in [0.15, 0.2) is 0 Å². The van der Waals surface area contributed by atoms with Crippen LogP contribution in [-0.2, 0) is 4.79 Å². The van der Waals surface area contributed by atoms with Crippen LogP contribution in [-0.4, -0.2) is 12.5 Å². The van der Waals surface area contributed by atoms with Crippen LogP contribution in [0.4, 0.5) is 11.4 Å². The summed E-state index contributed by atoms with van der Waals surface area (Å²) >= 11 is 0. The van der Waals surface area contributed by atoms with Crippen LogP contribution in [0, 0.1) is 13.8 Å². The number of hydrogen-bond acceptors (Lipinski definition) is 2. The molecular weight excluding hydrogens is 248 g/mol. The van der Waals surface area contributed by atoms with Crippen molar-refractivity contribution in [1.82, 2.24) is 0 Å². The Morgan fingerprint density at radius 2 is 1.85 bits per heavy atom. The van der Waals surface area contributed by atoms with E-state index in [1.165, 1.54) is 5.56 Å². The molecule has 0 bridgehead atoms. The van der Waals surface area contributed by atoms with E-state index in [0.29, 0.717) is 13.0 Å². The Bertz CT molecular complexity index is 593. The molecule has 0 atom stereocenters. The minimum absolute atomic E-state index is 0.0247. The smallest absolute Gasteiger partial charge is 0.226 e. The van der Waals surface area contributed by atoms with E-state index in [4.69, 9.17) is 0 Å². The average molecular weight is 268 g/mol. The molecule has 2 N–H and O–H groups in total. The molecule has 0 radical (unpaired) electrons. The minimum atomic E-state index is 0.0247. The van der Waals surface area contributed by atoms with Gasteiger partial charge in [0.05, 0.1) is 0 Å². The first-order chi connectivity index (χ1) is 9.65. The van der Waals surface area contributed by atoms with Crippen molar-refractivity contribution in [1.29, 1.82) is 0 Å². The summed E-state index contributed by atoms with van der Waals surface area (Å²) in [5.41, 5.74) is 4.26. The van der Waals surface area contributed by atoms with Gasteiger partial charge in [-0.25, -0.2) is 0 Å². The van der Waals surface area contributed by atoms with Gasteiger partial charge >= 0.3 is 0 Å². The van der Waals surface area contributed by atoms with E-state index >= 15 is 0 Å². The van der Waals surface area contributed by atoms with Gasteiger partial charge in [-0.15, -0.1) is 0 Å². The van der Waals surface area contributed by atoms with Crippen LogP contribution < -0.4 is 10.6 Å². The highest BCUT2D eigenvalue weighted by Gasteiger charge is 2.03. The molecule has 2 rings (SSSR count). The number of anilines is 2. The van der Waals surface area contributed by atoms with Gasteiger partial charge in [-0.3, -0.25) is 4.79 Å². The molecule has 20 heavy (non-hydrogen) atoms. The predicted molar refractivity (Wildman–Crippen MR) is 84.1 cm³/mol. The maximum absolute atomic E-state index is 11.8. The van der Waals surface area contributed by atoms with E-state index in [1.54, 1.807) is 0 Å². The van der Waals surface area contributed by atoms with Crippen molar-refractivity contribution in [2.45, 2.75) is 20.3 Å². The minimum Gasteiger partial charge on any atom is -0.384 e. The first kappa shape index (κ1) is 14.1. The Kier molecular flexibility index (Phi) is 4.77. The Morgan fingerprint density at radius 1 is 1.05 bits per heavy atom. The summed E-state index contributed by atoms with van der Waals surface area (Å²) in [6, 6.07) is 15.9. The van der Waals surface area contributed by atoms with Gasteiger partial charge < -0.3 is 10.6 Å². The van der Waals surface area contributed by atoms with Crippen molar-refractivity contribution in [3.05, 3.63) is 59.7 Å². The Balaban J connectivity index is 1.80. The van der Waals surface area contributed by atoms with Gasteiger partial charge in [0.2, 0.25) is 5.91 Å². The molecule has 0 fully saturated rings. The van der Waals surface area contributed by atoms with E-state index < -0.39 is 0 Å². The fraction of sp³-hybridized carbons (Fsp3) is 0.235. The number of hydrogen-bond donors (Lipinski definition) is 2. The second-order valence-corrected chi connectivity index (χ2v) is 4.91. The largest absolute Gasteiger partial charge is 0.384 e. The SMILES string of the molecule is Cc1cccc(NC(=O)CCNc2ccccc2C)c1. The van der Waals surface area contributed by atoms with Crippen molar-refractivity contribution >= 4 is 17.3 Å². The van der Waals surface area contributed by atoms with E-state index in [-0.39, 0.29) is 5.91 Å². The van der Waals surface area contributed by atoms with Crippen LogP contribution in [0.1, 0.15) is 17.5 Å². The number of benzene rings is 2. The highest BCUT2D eigenvalue weighted by Crippen LogP contribution is 2.13. The summed E-state index contributed by atoms with van der Waals surface area (Å²) < 4.78 is 0. The molecule has 0 unspecified atom stereocenters. The predicted octanol–water partition coefficient (Wildman–Crippen LogP) is 3.74. The second kappa shape index (κ2) is 6.75. The van der Waals surface area contributed by atoms with Crippen molar-refractivity contribution in [2.24, 2.45) is 0 Å². The Morgan fingerprint density at radius 3 is 2.60 bits per heavy atom. The van der Waals surface area contributed by atoms with Gasteiger partial charge in [-0.1, -0.05) is 30.3 Å². The van der Waals surface area contributed by atoms with Crippen LogP contribution in [0.5, 0.6) is 0 Å². The number of carbonyl (C=O) groups excluding carboxylic acids is 1. The van der Waals surface area contributed by atoms with Crippen molar-refractivity contribution in [2.75, 3.05) is 17.2 Å². The van der Waals surface area contributed by atoms with Gasteiger partial charge in [0.25, 0.3) is 0 Å². The third-order valence-electron chi connectivity index (χ3n) is 3.11. The molecule has 0 saturated carbocycles. The second-order valence-electron chi connectivity index (χ2n) is 4.91. The Hall–Kier alpha value is -2.29. The Labute approximate surface area is 120 Å². The lowest BCUT2D eigenvalue weighted by atomic mass is 10.2. The maximum atomic E-state index is 11.8. The molecule has 0 aromatic heterocycles. The third-order valence-corrected chi connectivity index (χ3v) is 3.11. The van der Waals surface area contributed by atoms with E-state index in [1.807, 2.05) is 49.4 Å². The summed E-state index contributed by atoms with van der Waals surface area (Å²) in [7, 11) is 0. The number of para-hydroxylation sites is 1. The maximum Gasteiger partial charge on any atom is 0.226 e. The standard InChI is InChI=1S/C17H20N2O/c1-13-6-5-8-15(12-13)19-17(20)10-11-18-16-9-4-3-7-14(16)2/h3-9,12,18H,10-11H2,1-2H3,(H,19,20). The number of nitrogens with one attached hydrogen (secondary N) is 2. The van der Waals surface area contributed by atoms with Crippen LogP contribution >= 0.6 is 0 Å². The normalized spacial score (nSPS) is 10.1. The highest BCUT2D eigenvalue weighted by atomic mass is 16.1. The highest BCUT2D eigenvalue weighted by molar-refractivity contribution is 5.91. The lowest BCUT2D eigenvalue weighted by molar-refractivity contribution is -0.115. The van der Waals surface area contributed by atoms with Crippen LogP contribution in [0.15, 0.2) is 48.5 Å². The summed E-state index contributed by atoms with van der Waals surface area (Å²) in [6.45, 7) is 4.69. The van der Waals surface area contributed by atoms with Gasteiger partial charge in [-0.05, 0) is 43.2 Å². The monoisotopic (exact) mass is 268 g/mol. The molecular formula is C17H20N2O. The zero-order valence-electron chi connectivity index (χ0n) is 11.9. The van der Waals surface area contributed by atoms with Crippen LogP contribution in [0.25, 0.3) is 0 Å². The molecule has 0 heterocycles. The zero-order chi connectivity index (χ0) is 14.4. The van der Waals surface area contributed by atoms with E-state index in [2.05, 4.69) is 23.6 Å².